The second-order valence-electron chi connectivity index (χ2n) is 5.90. The van der Waals surface area contributed by atoms with Crippen LogP contribution in [0.5, 0.6) is 0 Å². The van der Waals surface area contributed by atoms with Crippen molar-refractivity contribution in [1.29, 1.82) is 0 Å². The number of amides is 2. The number of benzene rings is 1. The summed E-state index contributed by atoms with van der Waals surface area (Å²) in [6.45, 7) is 2.98. The van der Waals surface area contributed by atoms with E-state index in [-0.39, 0.29) is 11.8 Å². The molecule has 0 aliphatic heterocycles. The molecule has 0 radical (unpaired) electrons. The molecule has 1 aliphatic carbocycles. The Kier molecular flexibility index (Phi) is 4.60. The zero-order valence-corrected chi connectivity index (χ0v) is 13.2. The highest BCUT2D eigenvalue weighted by molar-refractivity contribution is 5.73. The highest BCUT2D eigenvalue weighted by Gasteiger charge is 2.26. The smallest absolute Gasteiger partial charge is 0.315 e. The van der Waals surface area contributed by atoms with Crippen LogP contribution in [-0.4, -0.2) is 22.1 Å². The van der Waals surface area contributed by atoms with Gasteiger partial charge in [-0.3, -0.25) is 0 Å². The summed E-state index contributed by atoms with van der Waals surface area (Å²) < 4.78 is 15.1. The molecule has 23 heavy (non-hydrogen) atoms. The number of hydrogen-bond acceptors (Lipinski definition) is 2. The van der Waals surface area contributed by atoms with Gasteiger partial charge in [0.05, 0.1) is 0 Å². The average molecular weight is 316 g/mol. The molecule has 122 valence electrons. The summed E-state index contributed by atoms with van der Waals surface area (Å²) >= 11 is 0. The minimum absolute atomic E-state index is 0.226. The van der Waals surface area contributed by atoms with Gasteiger partial charge in [-0.05, 0) is 37.5 Å². The van der Waals surface area contributed by atoms with Crippen LogP contribution in [0.2, 0.25) is 0 Å². The number of aryl methyl sites for hydroxylation is 1. The minimum atomic E-state index is -0.278. The van der Waals surface area contributed by atoms with E-state index in [4.69, 9.17) is 0 Å². The number of urea groups is 1. The van der Waals surface area contributed by atoms with E-state index in [2.05, 4.69) is 27.1 Å². The molecule has 0 spiro atoms. The number of nitrogens with zero attached hydrogens (tertiary/aromatic N) is 2. The van der Waals surface area contributed by atoms with Crippen LogP contribution in [0.4, 0.5) is 9.18 Å². The zero-order chi connectivity index (χ0) is 16.2. The average Bonchev–Trinajstić information content (AvgIpc) is 3.31. The molecule has 2 aromatic rings. The molecule has 5 nitrogen and oxygen atoms in total. The fraction of sp³-hybridized carbons (Fsp3) is 0.412. The summed E-state index contributed by atoms with van der Waals surface area (Å²) in [7, 11) is 0. The van der Waals surface area contributed by atoms with Gasteiger partial charge in [0.15, 0.2) is 0 Å². The fourth-order valence-corrected chi connectivity index (χ4v) is 2.65. The third-order valence-corrected chi connectivity index (χ3v) is 3.97. The molecule has 1 saturated carbocycles. The van der Waals surface area contributed by atoms with Crippen LogP contribution < -0.4 is 10.6 Å². The van der Waals surface area contributed by atoms with Gasteiger partial charge in [0, 0.05) is 37.4 Å². The second kappa shape index (κ2) is 6.81. The Balaban J connectivity index is 1.42. The Morgan fingerprint density at radius 1 is 1.30 bits per heavy atom. The third kappa shape index (κ3) is 4.09. The van der Waals surface area contributed by atoms with E-state index in [1.807, 2.05) is 6.20 Å². The maximum atomic E-state index is 12.8. The van der Waals surface area contributed by atoms with E-state index in [1.165, 1.54) is 30.7 Å². The molecule has 0 saturated heterocycles. The third-order valence-electron chi connectivity index (χ3n) is 3.97. The van der Waals surface area contributed by atoms with Gasteiger partial charge >= 0.3 is 6.03 Å². The van der Waals surface area contributed by atoms with Gasteiger partial charge in [0.1, 0.15) is 11.6 Å². The van der Waals surface area contributed by atoms with Crippen LogP contribution in [0.1, 0.15) is 36.0 Å². The van der Waals surface area contributed by atoms with Crippen molar-refractivity contribution in [3.63, 3.8) is 0 Å². The molecular weight excluding hydrogens is 295 g/mol. The maximum Gasteiger partial charge on any atom is 0.315 e. The van der Waals surface area contributed by atoms with Crippen LogP contribution in [-0.2, 0) is 13.0 Å². The molecule has 1 fully saturated rings. The summed E-state index contributed by atoms with van der Waals surface area (Å²) in [6.07, 6.45) is 5.04. The van der Waals surface area contributed by atoms with Crippen molar-refractivity contribution >= 4 is 6.03 Å². The molecule has 0 atom stereocenters. The summed E-state index contributed by atoms with van der Waals surface area (Å²) in [5.74, 6) is 0.753. The Morgan fingerprint density at radius 2 is 2.04 bits per heavy atom. The predicted octanol–water partition coefficient (Wildman–Crippen LogP) is 2.71. The van der Waals surface area contributed by atoms with Gasteiger partial charge in [-0.1, -0.05) is 12.1 Å². The van der Waals surface area contributed by atoms with E-state index in [0.29, 0.717) is 25.6 Å². The van der Waals surface area contributed by atoms with E-state index >= 15 is 0 Å². The lowest BCUT2D eigenvalue weighted by atomic mass is 10.2. The second-order valence-corrected chi connectivity index (χ2v) is 5.90. The SMILES string of the molecule is Cc1cnc(CCNC(=O)NCc2ccc(F)cc2)n1C1CC1. The van der Waals surface area contributed by atoms with Crippen molar-refractivity contribution < 1.29 is 9.18 Å². The number of rotatable bonds is 6. The normalized spacial score (nSPS) is 13.8. The largest absolute Gasteiger partial charge is 0.338 e. The topological polar surface area (TPSA) is 59.0 Å². The fourth-order valence-electron chi connectivity index (χ4n) is 2.65. The molecule has 2 amide bonds. The lowest BCUT2D eigenvalue weighted by Crippen LogP contribution is -2.36. The lowest BCUT2D eigenvalue weighted by Gasteiger charge is -2.10. The van der Waals surface area contributed by atoms with Crippen molar-refractivity contribution in [2.24, 2.45) is 0 Å². The first kappa shape index (κ1) is 15.5. The number of carbonyl (C=O) groups excluding carboxylic acids is 1. The summed E-state index contributed by atoms with van der Waals surface area (Å²) in [5.41, 5.74) is 2.05. The number of imidazole rings is 1. The molecular formula is C17H21FN4O. The van der Waals surface area contributed by atoms with Gasteiger partial charge < -0.3 is 15.2 Å². The van der Waals surface area contributed by atoms with Crippen molar-refractivity contribution in [2.45, 2.75) is 38.8 Å². The summed E-state index contributed by atoms with van der Waals surface area (Å²) in [4.78, 5) is 16.2. The molecule has 1 aromatic carbocycles. The molecule has 0 unspecified atom stereocenters. The number of carbonyl (C=O) groups is 1. The monoisotopic (exact) mass is 316 g/mol. The summed E-state index contributed by atoms with van der Waals surface area (Å²) in [5, 5.41) is 5.59. The van der Waals surface area contributed by atoms with Gasteiger partial charge in [-0.25, -0.2) is 14.2 Å². The Morgan fingerprint density at radius 3 is 2.74 bits per heavy atom. The predicted molar refractivity (Wildman–Crippen MR) is 85.6 cm³/mol. The maximum absolute atomic E-state index is 12.8. The van der Waals surface area contributed by atoms with Gasteiger partial charge in [-0.2, -0.15) is 0 Å². The van der Waals surface area contributed by atoms with E-state index < -0.39 is 0 Å². The molecule has 1 heterocycles. The van der Waals surface area contributed by atoms with Crippen molar-refractivity contribution in [1.82, 2.24) is 20.2 Å². The highest BCUT2D eigenvalue weighted by Crippen LogP contribution is 2.36. The number of nitrogens with one attached hydrogen (secondary N) is 2. The summed E-state index contributed by atoms with van der Waals surface area (Å²) in [6, 6.07) is 6.45. The van der Waals surface area contributed by atoms with Crippen LogP contribution in [0.3, 0.4) is 0 Å². The molecule has 0 bridgehead atoms. The number of aromatic nitrogens is 2. The van der Waals surface area contributed by atoms with Gasteiger partial charge in [-0.15, -0.1) is 0 Å². The van der Waals surface area contributed by atoms with Crippen LogP contribution >= 0.6 is 0 Å². The van der Waals surface area contributed by atoms with Crippen LogP contribution in [0.15, 0.2) is 30.5 Å². The standard InChI is InChI=1S/C17H21FN4O/c1-12-10-20-16(22(12)15-6-7-15)8-9-19-17(23)21-11-13-2-4-14(18)5-3-13/h2-5,10,15H,6-9,11H2,1H3,(H2,19,21,23). The molecule has 2 N–H and O–H groups in total. The minimum Gasteiger partial charge on any atom is -0.338 e. The zero-order valence-electron chi connectivity index (χ0n) is 13.2. The quantitative estimate of drug-likeness (QED) is 0.861. The van der Waals surface area contributed by atoms with Crippen LogP contribution in [0.25, 0.3) is 0 Å². The first-order valence-electron chi connectivity index (χ1n) is 7.92. The number of halogens is 1. The Bertz CT molecular complexity index is 676. The molecule has 3 rings (SSSR count). The van der Waals surface area contributed by atoms with E-state index in [0.717, 1.165) is 11.4 Å². The van der Waals surface area contributed by atoms with Crippen LogP contribution in [0, 0.1) is 12.7 Å². The van der Waals surface area contributed by atoms with Crippen molar-refractivity contribution in [3.8, 4) is 0 Å². The van der Waals surface area contributed by atoms with Crippen molar-refractivity contribution in [3.05, 3.63) is 53.4 Å². The molecule has 1 aromatic heterocycles. The van der Waals surface area contributed by atoms with E-state index in [9.17, 15) is 9.18 Å². The first-order valence-corrected chi connectivity index (χ1v) is 7.92. The lowest BCUT2D eigenvalue weighted by molar-refractivity contribution is 0.240. The van der Waals surface area contributed by atoms with Gasteiger partial charge in [0.25, 0.3) is 0 Å². The van der Waals surface area contributed by atoms with Crippen molar-refractivity contribution in [2.75, 3.05) is 6.54 Å². The molecule has 6 heteroatoms. The Labute approximate surface area is 134 Å². The van der Waals surface area contributed by atoms with Gasteiger partial charge in [0.2, 0.25) is 0 Å². The Hall–Kier alpha value is -2.37. The van der Waals surface area contributed by atoms with E-state index in [1.54, 1.807) is 12.1 Å². The molecule has 1 aliphatic rings. The first-order chi connectivity index (χ1) is 11.1. The highest BCUT2D eigenvalue weighted by atomic mass is 19.1. The number of hydrogen-bond donors (Lipinski definition) is 2.